The second-order valence-corrected chi connectivity index (χ2v) is 7.39. The van der Waals surface area contributed by atoms with Gasteiger partial charge in [0.1, 0.15) is 12.3 Å². The molecule has 31 heavy (non-hydrogen) atoms. The molecule has 2 aromatic heterocycles. The van der Waals surface area contributed by atoms with Crippen LogP contribution in [0.4, 0.5) is 0 Å². The maximum Gasteiger partial charge on any atom is 0.316 e. The van der Waals surface area contributed by atoms with Gasteiger partial charge in [-0.25, -0.2) is 0 Å². The molecule has 2 heterocycles. The first-order valence-electron chi connectivity index (χ1n) is 9.71. The summed E-state index contributed by atoms with van der Waals surface area (Å²) in [6.07, 6.45) is 0. The molecule has 0 aliphatic heterocycles. The number of halogens is 1. The summed E-state index contributed by atoms with van der Waals surface area (Å²) in [6, 6.07) is 6.98. The lowest BCUT2D eigenvalue weighted by Gasteiger charge is -2.10. The minimum absolute atomic E-state index is 0.149. The van der Waals surface area contributed by atoms with Crippen molar-refractivity contribution >= 4 is 27.7 Å². The van der Waals surface area contributed by atoms with Crippen LogP contribution < -0.4 is 15.4 Å². The van der Waals surface area contributed by atoms with Gasteiger partial charge in [-0.3, -0.25) is 14.3 Å². The SMILES string of the molecule is CCOc1ccccc1C(=O)NCCNC(=O)c1nc(Cn2nc(C)c(Br)c2C)no1. The first kappa shape index (κ1) is 22.5. The van der Waals surface area contributed by atoms with Crippen molar-refractivity contribution in [1.29, 1.82) is 0 Å². The summed E-state index contributed by atoms with van der Waals surface area (Å²) in [4.78, 5) is 28.7. The van der Waals surface area contributed by atoms with Crippen molar-refractivity contribution in [2.45, 2.75) is 27.3 Å². The monoisotopic (exact) mass is 490 g/mol. The molecule has 1 aromatic carbocycles. The molecule has 2 amide bonds. The van der Waals surface area contributed by atoms with E-state index < -0.39 is 5.91 Å². The summed E-state index contributed by atoms with van der Waals surface area (Å²) in [6.45, 7) is 6.82. The maximum absolute atomic E-state index is 12.3. The minimum Gasteiger partial charge on any atom is -0.493 e. The Bertz CT molecular complexity index is 1080. The van der Waals surface area contributed by atoms with E-state index in [0.717, 1.165) is 15.9 Å². The Labute approximate surface area is 187 Å². The molecule has 0 fully saturated rings. The van der Waals surface area contributed by atoms with Crippen LogP contribution in [-0.4, -0.2) is 51.4 Å². The highest BCUT2D eigenvalue weighted by atomic mass is 79.9. The Kier molecular flexibility index (Phi) is 7.40. The molecule has 0 unspecified atom stereocenters. The van der Waals surface area contributed by atoms with Crippen LogP contribution in [0.3, 0.4) is 0 Å². The minimum atomic E-state index is -0.516. The van der Waals surface area contributed by atoms with Gasteiger partial charge in [0.05, 0.1) is 28.0 Å². The topological polar surface area (TPSA) is 124 Å². The summed E-state index contributed by atoms with van der Waals surface area (Å²) >= 11 is 3.46. The quantitative estimate of drug-likeness (QED) is 0.440. The average molecular weight is 491 g/mol. The highest BCUT2D eigenvalue weighted by Crippen LogP contribution is 2.20. The van der Waals surface area contributed by atoms with E-state index in [4.69, 9.17) is 9.26 Å². The van der Waals surface area contributed by atoms with E-state index in [-0.39, 0.29) is 31.4 Å². The van der Waals surface area contributed by atoms with Crippen molar-refractivity contribution in [3.63, 3.8) is 0 Å². The number of rotatable bonds is 9. The first-order valence-corrected chi connectivity index (χ1v) is 10.5. The number of carbonyl (C=O) groups excluding carboxylic acids is 2. The van der Waals surface area contributed by atoms with Crippen molar-refractivity contribution in [2.24, 2.45) is 0 Å². The molecule has 164 valence electrons. The first-order chi connectivity index (χ1) is 14.9. The fraction of sp³-hybridized carbons (Fsp3) is 0.350. The summed E-state index contributed by atoms with van der Waals surface area (Å²) in [7, 11) is 0. The molecule has 3 rings (SSSR count). The lowest BCUT2D eigenvalue weighted by molar-refractivity contribution is 0.0897. The predicted octanol–water partition coefficient (Wildman–Crippen LogP) is 2.25. The molecular weight excluding hydrogens is 468 g/mol. The molecule has 0 spiro atoms. The van der Waals surface area contributed by atoms with E-state index in [1.54, 1.807) is 28.9 Å². The number of hydrogen-bond acceptors (Lipinski definition) is 7. The molecule has 0 saturated carbocycles. The summed E-state index contributed by atoms with van der Waals surface area (Å²) < 4.78 is 13.1. The number of para-hydroxylation sites is 1. The fourth-order valence-corrected chi connectivity index (χ4v) is 3.12. The molecule has 10 nitrogen and oxygen atoms in total. The summed E-state index contributed by atoms with van der Waals surface area (Å²) in [5.41, 5.74) is 2.22. The molecule has 0 saturated heterocycles. The highest BCUT2D eigenvalue weighted by molar-refractivity contribution is 9.10. The van der Waals surface area contributed by atoms with E-state index in [1.165, 1.54) is 0 Å². The largest absolute Gasteiger partial charge is 0.493 e. The van der Waals surface area contributed by atoms with Crippen LogP contribution in [0.15, 0.2) is 33.3 Å². The van der Waals surface area contributed by atoms with Crippen LogP contribution in [-0.2, 0) is 6.54 Å². The molecule has 0 aliphatic carbocycles. The van der Waals surface area contributed by atoms with Crippen LogP contribution in [0.5, 0.6) is 5.75 Å². The standard InChI is InChI=1S/C20H23BrN6O4/c1-4-30-15-8-6-5-7-14(15)18(28)22-9-10-23-19(29)20-24-16(26-31-20)11-27-13(3)17(21)12(2)25-27/h5-8H,4,9-11H2,1-3H3,(H,22,28)(H,23,29). The summed E-state index contributed by atoms with van der Waals surface area (Å²) in [5.74, 6) is -0.0982. The molecule has 2 N–H and O–H groups in total. The molecular formula is C20H23BrN6O4. The third kappa shape index (κ3) is 5.48. The Morgan fingerprint density at radius 2 is 1.87 bits per heavy atom. The van der Waals surface area contributed by atoms with Gasteiger partial charge in [-0.1, -0.05) is 17.3 Å². The fourth-order valence-electron chi connectivity index (χ4n) is 2.83. The maximum atomic E-state index is 12.3. The Morgan fingerprint density at radius 1 is 1.16 bits per heavy atom. The van der Waals surface area contributed by atoms with Gasteiger partial charge in [0.2, 0.25) is 0 Å². The van der Waals surface area contributed by atoms with Gasteiger partial charge in [0.15, 0.2) is 5.82 Å². The number of hydrogen-bond donors (Lipinski definition) is 2. The second kappa shape index (κ2) is 10.2. The zero-order valence-electron chi connectivity index (χ0n) is 17.4. The van der Waals surface area contributed by atoms with Crippen molar-refractivity contribution in [1.82, 2.24) is 30.6 Å². The zero-order chi connectivity index (χ0) is 22.4. The van der Waals surface area contributed by atoms with Gasteiger partial charge in [0, 0.05) is 13.1 Å². The smallest absolute Gasteiger partial charge is 0.316 e. The Balaban J connectivity index is 1.48. The third-order valence-electron chi connectivity index (χ3n) is 4.37. The van der Waals surface area contributed by atoms with Crippen molar-refractivity contribution < 1.29 is 18.8 Å². The molecule has 0 bridgehead atoms. The van der Waals surface area contributed by atoms with Crippen molar-refractivity contribution in [3.05, 3.63) is 57.4 Å². The van der Waals surface area contributed by atoms with E-state index in [2.05, 4.69) is 41.8 Å². The van der Waals surface area contributed by atoms with Crippen LogP contribution >= 0.6 is 15.9 Å². The molecule has 0 atom stereocenters. The summed E-state index contributed by atoms with van der Waals surface area (Å²) in [5, 5.41) is 13.6. The lowest BCUT2D eigenvalue weighted by atomic mass is 10.2. The second-order valence-electron chi connectivity index (χ2n) is 6.60. The number of benzene rings is 1. The Morgan fingerprint density at radius 3 is 2.55 bits per heavy atom. The number of ether oxygens (including phenoxy) is 1. The van der Waals surface area contributed by atoms with Gasteiger partial charge in [-0.05, 0) is 48.8 Å². The lowest BCUT2D eigenvalue weighted by Crippen LogP contribution is -2.35. The number of nitrogens with zero attached hydrogens (tertiary/aromatic N) is 4. The molecule has 11 heteroatoms. The molecule has 3 aromatic rings. The van der Waals surface area contributed by atoms with Crippen LogP contribution in [0, 0.1) is 13.8 Å². The van der Waals surface area contributed by atoms with Gasteiger partial charge in [-0.2, -0.15) is 10.1 Å². The Hall–Kier alpha value is -3.21. The van der Waals surface area contributed by atoms with Crippen LogP contribution in [0.25, 0.3) is 0 Å². The predicted molar refractivity (Wildman–Crippen MR) is 115 cm³/mol. The molecule has 0 aliphatic rings. The third-order valence-corrected chi connectivity index (χ3v) is 5.52. The van der Waals surface area contributed by atoms with Gasteiger partial charge in [0.25, 0.3) is 5.91 Å². The number of carbonyl (C=O) groups is 2. The molecule has 0 radical (unpaired) electrons. The van der Waals surface area contributed by atoms with Gasteiger partial charge >= 0.3 is 11.8 Å². The van der Waals surface area contributed by atoms with Gasteiger partial charge < -0.3 is 19.9 Å². The number of nitrogens with one attached hydrogen (secondary N) is 2. The van der Waals surface area contributed by atoms with E-state index in [1.807, 2.05) is 20.8 Å². The number of aryl methyl sites for hydroxylation is 1. The highest BCUT2D eigenvalue weighted by Gasteiger charge is 2.17. The van der Waals surface area contributed by atoms with Crippen LogP contribution in [0.1, 0.15) is 45.2 Å². The van der Waals surface area contributed by atoms with Gasteiger partial charge in [-0.15, -0.1) is 0 Å². The van der Waals surface area contributed by atoms with E-state index in [0.29, 0.717) is 23.7 Å². The normalized spacial score (nSPS) is 10.7. The number of amides is 2. The van der Waals surface area contributed by atoms with Crippen molar-refractivity contribution in [3.8, 4) is 5.75 Å². The van der Waals surface area contributed by atoms with Crippen molar-refractivity contribution in [2.75, 3.05) is 19.7 Å². The number of aromatic nitrogens is 4. The van der Waals surface area contributed by atoms with Crippen LogP contribution in [0.2, 0.25) is 0 Å². The van der Waals surface area contributed by atoms with E-state index in [9.17, 15) is 9.59 Å². The zero-order valence-corrected chi connectivity index (χ0v) is 19.0. The average Bonchev–Trinajstić information content (AvgIpc) is 3.32. The van der Waals surface area contributed by atoms with E-state index >= 15 is 0 Å².